The van der Waals surface area contributed by atoms with E-state index >= 15 is 0 Å². The summed E-state index contributed by atoms with van der Waals surface area (Å²) in [5, 5.41) is 11.0. The molecule has 1 fully saturated rings. The molecule has 1 amide bonds. The van der Waals surface area contributed by atoms with Crippen LogP contribution in [-0.2, 0) is 11.3 Å². The molecule has 1 saturated heterocycles. The molecule has 2 atom stereocenters. The molecular weight excluding hydrogens is 394 g/mol. The second kappa shape index (κ2) is 8.60. The number of amides is 1. The van der Waals surface area contributed by atoms with Crippen LogP contribution in [0.2, 0.25) is 0 Å². The van der Waals surface area contributed by atoms with Crippen LogP contribution in [0.4, 0.5) is 19.4 Å². The highest BCUT2D eigenvalue weighted by Crippen LogP contribution is 2.23. The molecule has 10 heteroatoms. The van der Waals surface area contributed by atoms with E-state index in [0.29, 0.717) is 42.1 Å². The van der Waals surface area contributed by atoms with Crippen LogP contribution in [0.25, 0.3) is 5.65 Å². The molecule has 0 spiro atoms. The molecule has 0 radical (unpaired) electrons. The Morgan fingerprint density at radius 1 is 1.40 bits per heavy atom. The molecule has 1 aliphatic rings. The number of piperidine rings is 1. The number of carbonyl (C=O) groups excluding carboxylic acids is 1. The molecular formula is C20H22F2N6O2. The van der Waals surface area contributed by atoms with E-state index in [1.54, 1.807) is 42.2 Å². The number of nitrogens with one attached hydrogen (secondary N) is 1. The largest absolute Gasteiger partial charge is 0.445 e. The van der Waals surface area contributed by atoms with Gasteiger partial charge in [0, 0.05) is 31.4 Å². The minimum atomic E-state index is -1.20. The van der Waals surface area contributed by atoms with Gasteiger partial charge in [-0.2, -0.15) is 0 Å². The van der Waals surface area contributed by atoms with Crippen LogP contribution in [0.3, 0.4) is 0 Å². The van der Waals surface area contributed by atoms with E-state index in [9.17, 15) is 13.6 Å². The molecule has 1 aromatic carbocycles. The van der Waals surface area contributed by atoms with Gasteiger partial charge in [-0.05, 0) is 30.5 Å². The quantitative estimate of drug-likeness (QED) is 0.688. The monoisotopic (exact) mass is 416 g/mol. The first kappa shape index (κ1) is 20.0. The Morgan fingerprint density at radius 3 is 3.07 bits per heavy atom. The van der Waals surface area contributed by atoms with E-state index in [1.807, 2.05) is 0 Å². The zero-order chi connectivity index (χ0) is 21.1. The van der Waals surface area contributed by atoms with Gasteiger partial charge in [-0.1, -0.05) is 12.1 Å². The first-order valence-corrected chi connectivity index (χ1v) is 9.70. The summed E-state index contributed by atoms with van der Waals surface area (Å²) in [7, 11) is 0. The van der Waals surface area contributed by atoms with Gasteiger partial charge in [-0.25, -0.2) is 18.6 Å². The van der Waals surface area contributed by atoms with Crippen LogP contribution in [-0.4, -0.2) is 56.4 Å². The Labute approximate surface area is 171 Å². The number of nitrogens with zero attached hydrogens (tertiary/aromatic N) is 5. The summed E-state index contributed by atoms with van der Waals surface area (Å²) in [5.74, 6) is -0.0865. The number of hydrogen-bond donors (Lipinski definition) is 1. The lowest BCUT2D eigenvalue weighted by molar-refractivity contribution is 0.0543. The van der Waals surface area contributed by atoms with Crippen LogP contribution in [0.5, 0.6) is 0 Å². The number of ether oxygens (including phenoxy) is 1. The SMILES string of the molecule is Cc1ccc(COC(=O)N2CCC(CNc3nccn4cnnc34)C(F)C2)cc1F. The van der Waals surface area contributed by atoms with E-state index < -0.39 is 12.3 Å². The molecule has 0 aliphatic carbocycles. The van der Waals surface area contributed by atoms with Gasteiger partial charge in [0.2, 0.25) is 5.65 Å². The lowest BCUT2D eigenvalue weighted by atomic mass is 9.95. The van der Waals surface area contributed by atoms with Gasteiger partial charge in [-0.3, -0.25) is 4.40 Å². The van der Waals surface area contributed by atoms with Crippen molar-refractivity contribution in [3.05, 3.63) is 53.9 Å². The van der Waals surface area contributed by atoms with Gasteiger partial charge in [0.05, 0.1) is 6.54 Å². The number of aryl methyl sites for hydroxylation is 1. The number of hydrogen-bond acceptors (Lipinski definition) is 6. The lowest BCUT2D eigenvalue weighted by Crippen LogP contribution is -2.46. The Hall–Kier alpha value is -3.30. The number of benzene rings is 1. The standard InChI is InChI=1S/C20H22F2N6O2/c1-13-2-3-14(8-16(13)21)11-30-20(29)27-6-4-15(17(22)10-27)9-24-18-19-26-25-12-28(19)7-5-23-18/h2-3,5,7-8,12,15,17H,4,6,9-11H2,1H3,(H,23,24). The summed E-state index contributed by atoms with van der Waals surface area (Å²) in [5.41, 5.74) is 1.65. The van der Waals surface area contributed by atoms with Gasteiger partial charge in [0.25, 0.3) is 0 Å². The number of carbonyl (C=O) groups is 1. The maximum Gasteiger partial charge on any atom is 0.410 e. The molecule has 1 aliphatic heterocycles. The molecule has 0 bridgehead atoms. The van der Waals surface area contributed by atoms with Crippen molar-refractivity contribution >= 4 is 17.6 Å². The predicted molar refractivity (Wildman–Crippen MR) is 105 cm³/mol. The molecule has 3 heterocycles. The third kappa shape index (κ3) is 4.32. The fourth-order valence-corrected chi connectivity index (χ4v) is 3.42. The molecule has 30 heavy (non-hydrogen) atoms. The van der Waals surface area contributed by atoms with Crippen LogP contribution in [0.1, 0.15) is 17.5 Å². The highest BCUT2D eigenvalue weighted by molar-refractivity contribution is 5.68. The number of rotatable bonds is 5. The second-order valence-electron chi connectivity index (χ2n) is 7.37. The first-order valence-electron chi connectivity index (χ1n) is 9.70. The van der Waals surface area contributed by atoms with E-state index in [1.165, 1.54) is 11.0 Å². The third-order valence-corrected chi connectivity index (χ3v) is 5.28. The molecule has 158 valence electrons. The Balaban J connectivity index is 1.27. The third-order valence-electron chi connectivity index (χ3n) is 5.28. The average molecular weight is 416 g/mol. The predicted octanol–water partition coefficient (Wildman–Crippen LogP) is 2.98. The van der Waals surface area contributed by atoms with Crippen LogP contribution >= 0.6 is 0 Å². The molecule has 3 aromatic rings. The van der Waals surface area contributed by atoms with Gasteiger partial charge in [0.15, 0.2) is 5.82 Å². The summed E-state index contributed by atoms with van der Waals surface area (Å²) in [4.78, 5) is 17.9. The number of aromatic nitrogens is 4. The summed E-state index contributed by atoms with van der Waals surface area (Å²) in [6, 6.07) is 4.66. The Kier molecular flexibility index (Phi) is 5.73. The summed E-state index contributed by atoms with van der Waals surface area (Å²) < 4.78 is 35.2. The van der Waals surface area contributed by atoms with Crippen molar-refractivity contribution in [2.75, 3.05) is 25.0 Å². The number of likely N-dealkylation sites (tertiary alicyclic amines) is 1. The first-order chi connectivity index (χ1) is 14.5. The highest BCUT2D eigenvalue weighted by Gasteiger charge is 2.32. The highest BCUT2D eigenvalue weighted by atomic mass is 19.1. The van der Waals surface area contributed by atoms with Crippen molar-refractivity contribution in [2.45, 2.75) is 26.1 Å². The fourth-order valence-electron chi connectivity index (χ4n) is 3.42. The molecule has 8 nitrogen and oxygen atoms in total. The molecule has 0 saturated carbocycles. The maximum atomic E-state index is 14.7. The molecule has 4 rings (SSSR count). The van der Waals surface area contributed by atoms with Crippen LogP contribution in [0, 0.1) is 18.7 Å². The van der Waals surface area contributed by atoms with Gasteiger partial charge in [0.1, 0.15) is 24.9 Å². The van der Waals surface area contributed by atoms with Crippen molar-refractivity contribution in [3.8, 4) is 0 Å². The van der Waals surface area contributed by atoms with Gasteiger partial charge < -0.3 is 15.0 Å². The topological polar surface area (TPSA) is 84.7 Å². The number of halogens is 2. The second-order valence-corrected chi connectivity index (χ2v) is 7.37. The normalized spacial score (nSPS) is 19.1. The average Bonchev–Trinajstić information content (AvgIpc) is 3.23. The summed E-state index contributed by atoms with van der Waals surface area (Å²) in [6.45, 7) is 2.31. The maximum absolute atomic E-state index is 14.7. The Bertz CT molecular complexity index is 1040. The Morgan fingerprint density at radius 2 is 2.27 bits per heavy atom. The van der Waals surface area contributed by atoms with Crippen LogP contribution in [0.15, 0.2) is 36.9 Å². The van der Waals surface area contributed by atoms with Crippen molar-refractivity contribution < 1.29 is 18.3 Å². The minimum absolute atomic E-state index is 0.0456. The number of fused-ring (bicyclic) bond motifs is 1. The van der Waals surface area contributed by atoms with E-state index in [0.717, 1.165) is 0 Å². The van der Waals surface area contributed by atoms with Crippen molar-refractivity contribution in [1.29, 1.82) is 0 Å². The van der Waals surface area contributed by atoms with Gasteiger partial charge in [-0.15, -0.1) is 10.2 Å². The fraction of sp³-hybridized carbons (Fsp3) is 0.400. The lowest BCUT2D eigenvalue weighted by Gasteiger charge is -2.34. The number of alkyl halides is 1. The smallest absolute Gasteiger partial charge is 0.410 e. The van der Waals surface area contributed by atoms with E-state index in [-0.39, 0.29) is 24.9 Å². The van der Waals surface area contributed by atoms with E-state index in [2.05, 4.69) is 20.5 Å². The van der Waals surface area contributed by atoms with Crippen molar-refractivity contribution in [3.63, 3.8) is 0 Å². The van der Waals surface area contributed by atoms with Crippen molar-refractivity contribution in [2.24, 2.45) is 5.92 Å². The zero-order valence-corrected chi connectivity index (χ0v) is 16.5. The molecule has 2 unspecified atom stereocenters. The minimum Gasteiger partial charge on any atom is -0.445 e. The number of anilines is 1. The molecule has 2 aromatic heterocycles. The zero-order valence-electron chi connectivity index (χ0n) is 16.5. The molecule has 1 N–H and O–H groups in total. The van der Waals surface area contributed by atoms with Crippen molar-refractivity contribution in [1.82, 2.24) is 24.5 Å². The summed E-state index contributed by atoms with van der Waals surface area (Å²) >= 11 is 0. The van der Waals surface area contributed by atoms with Crippen LogP contribution < -0.4 is 5.32 Å². The van der Waals surface area contributed by atoms with E-state index in [4.69, 9.17) is 4.74 Å². The summed E-state index contributed by atoms with van der Waals surface area (Å²) in [6.07, 6.45) is 3.60. The van der Waals surface area contributed by atoms with Gasteiger partial charge >= 0.3 is 6.09 Å².